The summed E-state index contributed by atoms with van der Waals surface area (Å²) in [6.45, 7) is 2.75. The maximum atomic E-state index is 12.6. The van der Waals surface area contributed by atoms with E-state index in [4.69, 9.17) is 4.74 Å². The summed E-state index contributed by atoms with van der Waals surface area (Å²) >= 11 is 0. The number of carbonyl (C=O) groups excluding carboxylic acids is 1. The standard InChI is InChI=1S/C21H30N2O2.ClH/c24-20(19-14-21(19)9-11-22-12-10-21)23-17-6-4-5-16(13-17)15-25-18-7-2-1-3-8-18;/h4-6,13,18-19,22H,1-3,7-12,14-15H2,(H,23,24);1H. The molecule has 2 N–H and O–H groups in total. The number of nitrogens with one attached hydrogen (secondary N) is 2. The number of rotatable bonds is 5. The molecule has 2 saturated carbocycles. The summed E-state index contributed by atoms with van der Waals surface area (Å²) in [6, 6.07) is 8.16. The summed E-state index contributed by atoms with van der Waals surface area (Å²) in [4.78, 5) is 12.6. The maximum Gasteiger partial charge on any atom is 0.228 e. The lowest BCUT2D eigenvalue weighted by Gasteiger charge is -2.23. The van der Waals surface area contributed by atoms with Gasteiger partial charge in [0.05, 0.1) is 12.7 Å². The Bertz CT molecular complexity index is 610. The van der Waals surface area contributed by atoms with E-state index in [1.807, 2.05) is 12.1 Å². The van der Waals surface area contributed by atoms with Crippen LogP contribution in [-0.2, 0) is 16.1 Å². The van der Waals surface area contributed by atoms with E-state index in [1.54, 1.807) is 0 Å². The molecule has 1 atom stereocenters. The van der Waals surface area contributed by atoms with Gasteiger partial charge in [-0.1, -0.05) is 31.4 Å². The Morgan fingerprint density at radius 1 is 1.19 bits per heavy atom. The molecule has 3 aliphatic rings. The van der Waals surface area contributed by atoms with Gasteiger partial charge in [-0.2, -0.15) is 0 Å². The van der Waals surface area contributed by atoms with Crippen LogP contribution in [-0.4, -0.2) is 25.1 Å². The van der Waals surface area contributed by atoms with Crippen molar-refractivity contribution in [2.45, 2.75) is 64.1 Å². The average molecular weight is 379 g/mol. The molecule has 1 heterocycles. The third-order valence-corrected chi connectivity index (χ3v) is 6.34. The van der Waals surface area contributed by atoms with Gasteiger partial charge in [0.15, 0.2) is 0 Å². The van der Waals surface area contributed by atoms with Crippen molar-refractivity contribution in [1.29, 1.82) is 0 Å². The highest BCUT2D eigenvalue weighted by molar-refractivity contribution is 5.95. The molecule has 3 fully saturated rings. The van der Waals surface area contributed by atoms with Crippen molar-refractivity contribution in [1.82, 2.24) is 5.32 Å². The zero-order valence-corrected chi connectivity index (χ0v) is 16.3. The molecule has 1 aromatic carbocycles. The van der Waals surface area contributed by atoms with Gasteiger partial charge >= 0.3 is 0 Å². The number of hydrogen-bond acceptors (Lipinski definition) is 3. The van der Waals surface area contributed by atoms with Gasteiger partial charge in [0.2, 0.25) is 5.91 Å². The van der Waals surface area contributed by atoms with Crippen LogP contribution in [0.3, 0.4) is 0 Å². The summed E-state index contributed by atoms with van der Waals surface area (Å²) in [5.41, 5.74) is 2.35. The van der Waals surface area contributed by atoms with Crippen LogP contribution in [0.1, 0.15) is 56.9 Å². The number of amides is 1. The zero-order chi connectivity index (χ0) is 17.1. The summed E-state index contributed by atoms with van der Waals surface area (Å²) in [7, 11) is 0. The second kappa shape index (κ2) is 8.73. The van der Waals surface area contributed by atoms with Gasteiger partial charge in [0.25, 0.3) is 0 Å². The van der Waals surface area contributed by atoms with Gasteiger partial charge < -0.3 is 15.4 Å². The van der Waals surface area contributed by atoms with E-state index >= 15 is 0 Å². The average Bonchev–Trinajstić information content (AvgIpc) is 3.35. The predicted octanol–water partition coefficient (Wildman–Crippen LogP) is 4.29. The summed E-state index contributed by atoms with van der Waals surface area (Å²) < 4.78 is 6.06. The molecule has 1 aromatic rings. The Morgan fingerprint density at radius 3 is 2.73 bits per heavy atom. The molecule has 0 bridgehead atoms. The lowest BCUT2D eigenvalue weighted by molar-refractivity contribution is -0.118. The van der Waals surface area contributed by atoms with Gasteiger partial charge in [-0.15, -0.1) is 12.4 Å². The molecule has 144 valence electrons. The Morgan fingerprint density at radius 2 is 1.96 bits per heavy atom. The molecule has 1 unspecified atom stereocenters. The molecular formula is C21H31ClN2O2. The Kier molecular flexibility index (Phi) is 6.60. The van der Waals surface area contributed by atoms with Crippen LogP contribution in [0, 0.1) is 11.3 Å². The van der Waals surface area contributed by atoms with Crippen LogP contribution in [0.2, 0.25) is 0 Å². The molecule has 0 radical (unpaired) electrons. The highest BCUT2D eigenvalue weighted by Gasteiger charge is 2.57. The SMILES string of the molecule is Cl.O=C(Nc1cccc(COC2CCCCC2)c1)C1CC12CCNCC2. The van der Waals surface area contributed by atoms with Crippen molar-refractivity contribution in [3.63, 3.8) is 0 Å². The molecule has 26 heavy (non-hydrogen) atoms. The van der Waals surface area contributed by atoms with Crippen LogP contribution in [0.25, 0.3) is 0 Å². The number of carbonyl (C=O) groups is 1. The number of halogens is 1. The maximum absolute atomic E-state index is 12.6. The smallest absolute Gasteiger partial charge is 0.228 e. The Balaban J connectivity index is 0.00000196. The minimum absolute atomic E-state index is 0. The molecule has 1 saturated heterocycles. The molecular weight excluding hydrogens is 348 g/mol. The van der Waals surface area contributed by atoms with E-state index in [0.29, 0.717) is 12.7 Å². The number of hydrogen-bond donors (Lipinski definition) is 2. The van der Waals surface area contributed by atoms with Crippen molar-refractivity contribution in [2.75, 3.05) is 18.4 Å². The lowest BCUT2D eigenvalue weighted by atomic mass is 9.92. The minimum Gasteiger partial charge on any atom is -0.374 e. The first-order valence-electron chi connectivity index (χ1n) is 9.97. The van der Waals surface area contributed by atoms with Crippen molar-refractivity contribution >= 4 is 24.0 Å². The quantitative estimate of drug-likeness (QED) is 0.803. The topological polar surface area (TPSA) is 50.4 Å². The Labute approximate surface area is 162 Å². The van der Waals surface area contributed by atoms with E-state index in [1.165, 1.54) is 32.1 Å². The summed E-state index contributed by atoms with van der Waals surface area (Å²) in [6.07, 6.45) is 10.1. The van der Waals surface area contributed by atoms with Gasteiger partial charge in [0, 0.05) is 11.6 Å². The third-order valence-electron chi connectivity index (χ3n) is 6.34. The van der Waals surface area contributed by atoms with Crippen LogP contribution in [0.15, 0.2) is 24.3 Å². The minimum atomic E-state index is 0. The molecule has 2 aliphatic carbocycles. The molecule has 1 amide bonds. The first-order chi connectivity index (χ1) is 12.3. The summed E-state index contributed by atoms with van der Waals surface area (Å²) in [5.74, 6) is 0.406. The third kappa shape index (κ3) is 4.59. The van der Waals surface area contributed by atoms with Crippen LogP contribution in [0.4, 0.5) is 5.69 Å². The number of anilines is 1. The van der Waals surface area contributed by atoms with Gasteiger partial charge in [0.1, 0.15) is 0 Å². The van der Waals surface area contributed by atoms with E-state index < -0.39 is 0 Å². The molecule has 1 spiro atoms. The molecule has 5 heteroatoms. The lowest BCUT2D eigenvalue weighted by Crippen LogP contribution is -2.31. The van der Waals surface area contributed by atoms with Crippen molar-refractivity contribution < 1.29 is 9.53 Å². The first-order valence-corrected chi connectivity index (χ1v) is 9.97. The second-order valence-electron chi connectivity index (χ2n) is 8.13. The van der Waals surface area contributed by atoms with Gasteiger partial charge in [-0.3, -0.25) is 4.79 Å². The van der Waals surface area contributed by atoms with E-state index in [-0.39, 0.29) is 29.6 Å². The van der Waals surface area contributed by atoms with Gasteiger partial charge in [-0.25, -0.2) is 0 Å². The fourth-order valence-electron chi connectivity index (χ4n) is 4.61. The van der Waals surface area contributed by atoms with Crippen LogP contribution >= 0.6 is 12.4 Å². The second-order valence-corrected chi connectivity index (χ2v) is 8.13. The van der Waals surface area contributed by atoms with E-state index in [2.05, 4.69) is 22.8 Å². The zero-order valence-electron chi connectivity index (χ0n) is 15.5. The molecule has 1 aliphatic heterocycles. The predicted molar refractivity (Wildman–Crippen MR) is 107 cm³/mol. The first kappa shape index (κ1) is 19.7. The molecule has 4 nitrogen and oxygen atoms in total. The monoisotopic (exact) mass is 378 g/mol. The Hall–Kier alpha value is -1.10. The molecule has 0 aromatic heterocycles. The largest absolute Gasteiger partial charge is 0.374 e. The van der Waals surface area contributed by atoms with Crippen molar-refractivity contribution in [3.8, 4) is 0 Å². The van der Waals surface area contributed by atoms with E-state index in [0.717, 1.165) is 43.6 Å². The highest BCUT2D eigenvalue weighted by Crippen LogP contribution is 2.58. The number of benzene rings is 1. The normalized spacial score (nSPS) is 24.7. The fourth-order valence-corrected chi connectivity index (χ4v) is 4.61. The van der Waals surface area contributed by atoms with Crippen LogP contribution in [0.5, 0.6) is 0 Å². The van der Waals surface area contributed by atoms with Crippen LogP contribution < -0.4 is 10.6 Å². The number of ether oxygens (including phenoxy) is 1. The molecule has 4 rings (SSSR count). The van der Waals surface area contributed by atoms with Gasteiger partial charge in [-0.05, 0) is 68.3 Å². The summed E-state index contributed by atoms with van der Waals surface area (Å²) in [5, 5.41) is 6.53. The van der Waals surface area contributed by atoms with E-state index in [9.17, 15) is 4.79 Å². The highest BCUT2D eigenvalue weighted by atomic mass is 35.5. The fraction of sp³-hybridized carbons (Fsp3) is 0.667. The van der Waals surface area contributed by atoms with Crippen molar-refractivity contribution in [2.24, 2.45) is 11.3 Å². The number of piperidine rings is 1. The van der Waals surface area contributed by atoms with Crippen molar-refractivity contribution in [3.05, 3.63) is 29.8 Å².